The zero-order valence-electron chi connectivity index (χ0n) is 29.6. The Bertz CT molecular complexity index is 2200. The maximum Gasteiger partial charge on any atom is 0.272 e. The number of carbonyl (C=O) groups excluding carboxylic acids is 2. The monoisotopic (exact) mass is 696 g/mol. The minimum atomic E-state index is -0.183. The van der Waals surface area contributed by atoms with Crippen LogP contribution in [0.2, 0.25) is 0 Å². The molecule has 264 valence electrons. The van der Waals surface area contributed by atoms with Crippen LogP contribution < -0.4 is 19.5 Å². The fraction of sp³-hybridized carbons (Fsp3) is 0.220. The van der Waals surface area contributed by atoms with Gasteiger partial charge < -0.3 is 29.3 Å². The van der Waals surface area contributed by atoms with E-state index < -0.39 is 0 Å². The molecule has 1 saturated heterocycles. The third kappa shape index (κ3) is 6.85. The number of fused-ring (bicyclic) bond motifs is 1. The highest BCUT2D eigenvalue weighted by molar-refractivity contribution is 6.00. The summed E-state index contributed by atoms with van der Waals surface area (Å²) in [6.45, 7) is 4.02. The first-order valence-corrected chi connectivity index (χ1v) is 17.1. The van der Waals surface area contributed by atoms with E-state index in [0.29, 0.717) is 72.6 Å². The van der Waals surface area contributed by atoms with E-state index in [1.165, 1.54) is 0 Å². The Morgan fingerprint density at radius 1 is 0.712 bits per heavy atom. The number of rotatable bonds is 10. The fourth-order valence-corrected chi connectivity index (χ4v) is 6.47. The number of hydrogen-bond donors (Lipinski definition) is 1. The van der Waals surface area contributed by atoms with Crippen molar-refractivity contribution in [1.29, 1.82) is 0 Å². The highest BCUT2D eigenvalue weighted by atomic mass is 16.5. The van der Waals surface area contributed by atoms with Gasteiger partial charge in [0.05, 0.1) is 38.3 Å². The number of aryl methyl sites for hydroxylation is 1. The number of amides is 2. The number of benzene rings is 4. The molecular weight excluding hydrogens is 656 g/mol. The van der Waals surface area contributed by atoms with Gasteiger partial charge in [-0.05, 0) is 42.8 Å². The predicted molar refractivity (Wildman–Crippen MR) is 200 cm³/mol. The van der Waals surface area contributed by atoms with Gasteiger partial charge in [0.1, 0.15) is 5.69 Å². The van der Waals surface area contributed by atoms with Crippen molar-refractivity contribution >= 4 is 23.1 Å². The van der Waals surface area contributed by atoms with Crippen molar-refractivity contribution < 1.29 is 23.8 Å². The van der Waals surface area contributed by atoms with Crippen LogP contribution in [0.3, 0.4) is 0 Å². The van der Waals surface area contributed by atoms with Crippen LogP contribution in [-0.2, 0) is 6.54 Å². The maximum absolute atomic E-state index is 14.0. The zero-order valence-corrected chi connectivity index (χ0v) is 29.6. The second-order valence-corrected chi connectivity index (χ2v) is 12.6. The molecule has 1 aliphatic heterocycles. The Labute approximate surface area is 302 Å². The van der Waals surface area contributed by atoms with Crippen LogP contribution in [0.15, 0.2) is 103 Å². The SMILES string of the molecule is COc1cc(CNc2ccccc2C(=O)N2CCN(C(=O)c3cc(-c4ccc(C)cc4)n4nc(-c5ccccc5)cc4n3)CC2)cc(OC)c1OC. The standard InChI is InChI=1S/C41H40N6O5/c1-27-14-16-30(17-15-27)35-24-34(43-38-25-33(44-47(35)38)29-10-6-5-7-11-29)41(49)46-20-18-45(19-21-46)40(48)31-12-8-9-13-32(31)42-26-28-22-36(50-2)39(52-4)37(23-28)51-3/h5-17,22-25,42H,18-21,26H2,1-4H3. The molecular formula is C41H40N6O5. The Kier molecular flexibility index (Phi) is 9.75. The van der Waals surface area contributed by atoms with Crippen molar-refractivity contribution in [3.8, 4) is 39.8 Å². The number of anilines is 1. The molecule has 0 aliphatic carbocycles. The lowest BCUT2D eigenvalue weighted by atomic mass is 10.1. The van der Waals surface area contributed by atoms with Crippen LogP contribution in [0.5, 0.6) is 17.2 Å². The molecule has 1 fully saturated rings. The van der Waals surface area contributed by atoms with E-state index >= 15 is 0 Å². The van der Waals surface area contributed by atoms with Gasteiger partial charge in [0, 0.05) is 55.6 Å². The first-order valence-electron chi connectivity index (χ1n) is 17.1. The van der Waals surface area contributed by atoms with E-state index in [1.807, 2.05) is 110 Å². The number of methoxy groups -OCH3 is 3. The van der Waals surface area contributed by atoms with Crippen LogP contribution in [0, 0.1) is 6.92 Å². The molecule has 6 aromatic rings. The summed E-state index contributed by atoms with van der Waals surface area (Å²) in [5.74, 6) is 1.34. The highest BCUT2D eigenvalue weighted by Gasteiger charge is 2.28. The second-order valence-electron chi connectivity index (χ2n) is 12.6. The normalized spacial score (nSPS) is 12.8. The molecule has 0 atom stereocenters. The zero-order chi connectivity index (χ0) is 36.2. The number of nitrogens with zero attached hydrogens (tertiary/aromatic N) is 5. The number of aromatic nitrogens is 3. The largest absolute Gasteiger partial charge is 0.493 e. The van der Waals surface area contributed by atoms with Gasteiger partial charge in [-0.3, -0.25) is 9.59 Å². The summed E-state index contributed by atoms with van der Waals surface area (Å²) in [7, 11) is 4.72. The van der Waals surface area contributed by atoms with E-state index in [1.54, 1.807) is 35.6 Å². The Hall–Kier alpha value is -6.36. The summed E-state index contributed by atoms with van der Waals surface area (Å²) in [5, 5.41) is 8.28. The lowest BCUT2D eigenvalue weighted by Crippen LogP contribution is -2.50. The molecule has 4 aromatic carbocycles. The average Bonchev–Trinajstić information content (AvgIpc) is 3.64. The number of para-hydroxylation sites is 1. The minimum absolute atomic E-state index is 0.103. The number of nitrogens with one attached hydrogen (secondary N) is 1. The fourth-order valence-electron chi connectivity index (χ4n) is 6.47. The van der Waals surface area contributed by atoms with Gasteiger partial charge in [-0.25, -0.2) is 9.50 Å². The number of hydrogen-bond acceptors (Lipinski definition) is 8. The van der Waals surface area contributed by atoms with Crippen molar-refractivity contribution in [3.05, 3.63) is 126 Å². The van der Waals surface area contributed by atoms with E-state index in [-0.39, 0.29) is 11.8 Å². The molecule has 7 rings (SSSR count). The Morgan fingerprint density at radius 2 is 1.35 bits per heavy atom. The average molecular weight is 697 g/mol. The molecule has 1 aliphatic rings. The van der Waals surface area contributed by atoms with Crippen LogP contribution in [0.4, 0.5) is 5.69 Å². The van der Waals surface area contributed by atoms with E-state index in [2.05, 4.69) is 5.32 Å². The van der Waals surface area contributed by atoms with Gasteiger partial charge in [0.15, 0.2) is 17.1 Å². The molecule has 1 N–H and O–H groups in total. The summed E-state index contributed by atoms with van der Waals surface area (Å²) in [4.78, 5) is 36.2. The minimum Gasteiger partial charge on any atom is -0.493 e. The first kappa shape index (κ1) is 34.1. The molecule has 11 heteroatoms. The third-order valence-electron chi connectivity index (χ3n) is 9.28. The Balaban J connectivity index is 1.07. The van der Waals surface area contributed by atoms with E-state index in [9.17, 15) is 9.59 Å². The van der Waals surface area contributed by atoms with Crippen molar-refractivity contribution in [2.75, 3.05) is 52.8 Å². The van der Waals surface area contributed by atoms with E-state index in [0.717, 1.165) is 33.6 Å². The molecule has 0 saturated carbocycles. The lowest BCUT2D eigenvalue weighted by Gasteiger charge is -2.35. The van der Waals surface area contributed by atoms with Gasteiger partial charge in [-0.2, -0.15) is 5.10 Å². The van der Waals surface area contributed by atoms with Crippen LogP contribution in [0.25, 0.3) is 28.2 Å². The summed E-state index contributed by atoms with van der Waals surface area (Å²) < 4.78 is 18.3. The van der Waals surface area contributed by atoms with Gasteiger partial charge in [-0.1, -0.05) is 72.3 Å². The van der Waals surface area contributed by atoms with E-state index in [4.69, 9.17) is 24.3 Å². The maximum atomic E-state index is 14.0. The van der Waals surface area contributed by atoms with Gasteiger partial charge in [0.2, 0.25) is 5.75 Å². The molecule has 2 amide bonds. The topological polar surface area (TPSA) is 111 Å². The van der Waals surface area contributed by atoms with Crippen molar-refractivity contribution in [1.82, 2.24) is 24.4 Å². The molecule has 0 unspecified atom stereocenters. The van der Waals surface area contributed by atoms with Crippen LogP contribution in [-0.4, -0.2) is 83.7 Å². The summed E-state index contributed by atoms with van der Waals surface area (Å²) >= 11 is 0. The highest BCUT2D eigenvalue weighted by Crippen LogP contribution is 2.38. The molecule has 0 bridgehead atoms. The molecule has 0 radical (unpaired) electrons. The summed E-state index contributed by atoms with van der Waals surface area (Å²) in [6, 6.07) is 33.0. The van der Waals surface area contributed by atoms with Crippen molar-refractivity contribution in [2.45, 2.75) is 13.5 Å². The Morgan fingerprint density at radius 3 is 2.00 bits per heavy atom. The van der Waals surface area contributed by atoms with Crippen LogP contribution >= 0.6 is 0 Å². The molecule has 3 heterocycles. The molecule has 0 spiro atoms. The van der Waals surface area contributed by atoms with Crippen LogP contribution in [0.1, 0.15) is 32.0 Å². The van der Waals surface area contributed by atoms with Crippen molar-refractivity contribution in [3.63, 3.8) is 0 Å². The first-order chi connectivity index (χ1) is 25.4. The molecule has 52 heavy (non-hydrogen) atoms. The van der Waals surface area contributed by atoms with Gasteiger partial charge in [-0.15, -0.1) is 0 Å². The predicted octanol–water partition coefficient (Wildman–Crippen LogP) is 6.61. The number of carbonyl (C=O) groups is 2. The van der Waals surface area contributed by atoms with Gasteiger partial charge in [0.25, 0.3) is 11.8 Å². The molecule has 11 nitrogen and oxygen atoms in total. The number of ether oxygens (including phenoxy) is 3. The number of piperazine rings is 1. The second kappa shape index (κ2) is 14.9. The smallest absolute Gasteiger partial charge is 0.272 e. The quantitative estimate of drug-likeness (QED) is 0.171. The third-order valence-corrected chi connectivity index (χ3v) is 9.28. The van der Waals surface area contributed by atoms with Gasteiger partial charge >= 0.3 is 0 Å². The molecule has 2 aromatic heterocycles. The van der Waals surface area contributed by atoms with Crippen molar-refractivity contribution in [2.24, 2.45) is 0 Å². The lowest BCUT2D eigenvalue weighted by molar-refractivity contribution is 0.0533. The summed E-state index contributed by atoms with van der Waals surface area (Å²) in [5.41, 5.74) is 7.67. The summed E-state index contributed by atoms with van der Waals surface area (Å²) in [6.07, 6.45) is 0.